The summed E-state index contributed by atoms with van der Waals surface area (Å²) >= 11 is -2.33. The van der Waals surface area contributed by atoms with E-state index in [1.165, 1.54) is 9.78 Å². The second-order valence-corrected chi connectivity index (χ2v) is 20.3. The van der Waals surface area contributed by atoms with Gasteiger partial charge in [-0.25, -0.2) is 0 Å². The quantitative estimate of drug-likeness (QED) is 0.792. The maximum atomic E-state index is 13.6. The van der Waals surface area contributed by atoms with Crippen molar-refractivity contribution in [1.29, 1.82) is 0 Å². The summed E-state index contributed by atoms with van der Waals surface area (Å²) in [6, 6.07) is 7.12. The molecule has 1 amide bonds. The number of benzene rings is 1. The van der Waals surface area contributed by atoms with Gasteiger partial charge in [-0.05, 0) is 0 Å². The summed E-state index contributed by atoms with van der Waals surface area (Å²) in [6.45, 7) is 0. The molecule has 1 aromatic heterocycles. The van der Waals surface area contributed by atoms with Gasteiger partial charge in [0.25, 0.3) is 0 Å². The molecule has 0 fully saturated rings. The topological polar surface area (TPSA) is 34.0 Å². The Hall–Kier alpha value is -1.37. The molecule has 6 heteroatoms. The van der Waals surface area contributed by atoms with Crippen molar-refractivity contribution in [2.24, 2.45) is 7.05 Å². The van der Waals surface area contributed by atoms with Crippen LogP contribution in [0.1, 0.15) is 10.5 Å². The number of amides is 1. The molecule has 1 aromatic carbocycles. The molecule has 1 heterocycles. The van der Waals surface area contributed by atoms with E-state index in [0.717, 1.165) is 12.1 Å². The molecule has 0 saturated carbocycles. The number of nitrogens with zero attached hydrogens (tertiary/aromatic N) is 1. The van der Waals surface area contributed by atoms with E-state index in [0.29, 0.717) is 5.69 Å². The van der Waals surface area contributed by atoms with Crippen molar-refractivity contribution in [3.63, 3.8) is 0 Å². The minimum atomic E-state index is -2.33. The fourth-order valence-electron chi connectivity index (χ4n) is 2.29. The van der Waals surface area contributed by atoms with Crippen LogP contribution in [0.4, 0.5) is 14.5 Å². The average Bonchev–Trinajstić information content (AvgIpc) is 2.75. The number of hydrogen-bond donors (Lipinski definition) is 1. The number of rotatable bonds is 3. The van der Waals surface area contributed by atoms with Crippen LogP contribution in [-0.2, 0) is 7.05 Å². The third-order valence-electron chi connectivity index (χ3n) is 3.32. The summed E-state index contributed by atoms with van der Waals surface area (Å²) in [7, 11) is 1.81. The molecule has 0 aliphatic heterocycles. The first-order valence-electron chi connectivity index (χ1n) is 6.63. The van der Waals surface area contributed by atoms with Crippen LogP contribution in [-0.4, -0.2) is 28.9 Å². The molecule has 0 bridgehead atoms. The Bertz CT molecular complexity index is 669. The van der Waals surface area contributed by atoms with Gasteiger partial charge in [-0.15, -0.1) is 0 Å². The Morgan fingerprint density at radius 3 is 2.14 bits per heavy atom. The van der Waals surface area contributed by atoms with Gasteiger partial charge in [0.15, 0.2) is 0 Å². The molecule has 112 valence electrons. The number of carbonyl (C=O) groups is 1. The van der Waals surface area contributed by atoms with E-state index >= 15 is 0 Å². The van der Waals surface area contributed by atoms with Gasteiger partial charge in [-0.2, -0.15) is 0 Å². The number of halogens is 2. The van der Waals surface area contributed by atoms with Gasteiger partial charge in [0.1, 0.15) is 0 Å². The average molecular weight is 399 g/mol. The van der Waals surface area contributed by atoms with Gasteiger partial charge in [-0.3, -0.25) is 0 Å². The molecule has 0 spiro atoms. The monoisotopic (exact) mass is 400 g/mol. The van der Waals surface area contributed by atoms with Crippen molar-refractivity contribution in [2.45, 2.75) is 14.8 Å². The molecular formula is C15H18F2N2OSn. The predicted molar refractivity (Wildman–Crippen MR) is 82.7 cm³/mol. The van der Waals surface area contributed by atoms with Crippen LogP contribution in [0.5, 0.6) is 0 Å². The Morgan fingerprint density at radius 1 is 1.10 bits per heavy atom. The predicted octanol–water partition coefficient (Wildman–Crippen LogP) is 3.10. The molecule has 2 rings (SSSR count). The van der Waals surface area contributed by atoms with E-state index in [1.54, 1.807) is 6.07 Å². The van der Waals surface area contributed by atoms with Gasteiger partial charge >= 0.3 is 127 Å². The van der Waals surface area contributed by atoms with Gasteiger partial charge in [0.2, 0.25) is 0 Å². The minimum absolute atomic E-state index is 0.402. The van der Waals surface area contributed by atoms with E-state index in [9.17, 15) is 13.6 Å². The van der Waals surface area contributed by atoms with Gasteiger partial charge in [-0.1, -0.05) is 0 Å². The Labute approximate surface area is 126 Å². The van der Waals surface area contributed by atoms with E-state index < -0.39 is 41.6 Å². The Balaban J connectivity index is 2.32. The molecule has 1 N–H and O–H groups in total. The molecule has 21 heavy (non-hydrogen) atoms. The Morgan fingerprint density at radius 2 is 1.67 bits per heavy atom. The number of aromatic nitrogens is 1. The van der Waals surface area contributed by atoms with Crippen molar-refractivity contribution in [3.8, 4) is 0 Å². The van der Waals surface area contributed by atoms with Crippen LogP contribution in [0.2, 0.25) is 14.8 Å². The summed E-state index contributed by atoms with van der Waals surface area (Å²) < 4.78 is 30.1. The second-order valence-electron chi connectivity index (χ2n) is 5.96. The molecule has 0 saturated heterocycles. The van der Waals surface area contributed by atoms with Crippen molar-refractivity contribution < 1.29 is 13.6 Å². The van der Waals surface area contributed by atoms with Crippen LogP contribution >= 0.6 is 0 Å². The molecule has 0 atom stereocenters. The van der Waals surface area contributed by atoms with Crippen molar-refractivity contribution in [3.05, 3.63) is 47.7 Å². The second kappa shape index (κ2) is 5.79. The standard InChI is InChI=1S/C12H9F2N2O.3CH3.Sn/c1-16-7-3-6-10(16)12(17)15-11-8(13)4-2-5-9(11)14;;;;/h2-6H,1H3,(H,15,17);3*1H3;. The number of para-hydroxylation sites is 1. The van der Waals surface area contributed by atoms with Gasteiger partial charge in [0, 0.05) is 0 Å². The summed E-state index contributed by atoms with van der Waals surface area (Å²) in [5.41, 5.74) is -0.0104. The summed E-state index contributed by atoms with van der Waals surface area (Å²) in [4.78, 5) is 19.0. The van der Waals surface area contributed by atoms with Crippen LogP contribution in [0, 0.1) is 11.6 Å². The number of carbonyl (C=O) groups excluding carboxylic acids is 1. The first-order valence-corrected chi connectivity index (χ1v) is 16.6. The molecular weight excluding hydrogens is 381 g/mol. The van der Waals surface area contributed by atoms with E-state index in [2.05, 4.69) is 20.1 Å². The number of anilines is 1. The fourth-order valence-corrected chi connectivity index (χ4v) is 7.17. The molecule has 0 radical (unpaired) electrons. The third-order valence-corrected chi connectivity index (χ3v) is 9.14. The zero-order valence-corrected chi connectivity index (χ0v) is 15.4. The zero-order chi connectivity index (χ0) is 15.8. The van der Waals surface area contributed by atoms with E-state index in [-0.39, 0.29) is 0 Å². The van der Waals surface area contributed by atoms with Crippen LogP contribution in [0.3, 0.4) is 0 Å². The SMILES string of the molecule is Cn1c(C(=O)Nc2c(F)cccc2F)cc[c]1[Sn]([CH3])([CH3])[CH3]. The molecule has 0 aliphatic carbocycles. The molecule has 0 aliphatic rings. The Kier molecular flexibility index (Phi) is 4.41. The first-order chi connectivity index (χ1) is 9.71. The van der Waals surface area contributed by atoms with Gasteiger partial charge < -0.3 is 0 Å². The molecule has 3 nitrogen and oxygen atoms in total. The summed E-state index contributed by atoms with van der Waals surface area (Å²) in [5.74, 6) is -2.08. The van der Waals surface area contributed by atoms with Crippen molar-refractivity contribution in [2.75, 3.05) is 5.32 Å². The maximum absolute atomic E-state index is 13.6. The number of hydrogen-bond acceptors (Lipinski definition) is 1. The first kappa shape index (κ1) is 16.0. The van der Waals surface area contributed by atoms with Crippen molar-refractivity contribution in [1.82, 2.24) is 4.57 Å². The third kappa shape index (κ3) is 3.28. The van der Waals surface area contributed by atoms with E-state index in [4.69, 9.17) is 0 Å². The van der Waals surface area contributed by atoms with Crippen LogP contribution in [0.25, 0.3) is 0 Å². The number of nitrogens with one attached hydrogen (secondary N) is 1. The molecule has 0 unspecified atom stereocenters. The van der Waals surface area contributed by atoms with Crippen molar-refractivity contribution >= 4 is 33.7 Å². The summed E-state index contributed by atoms with van der Waals surface area (Å²) in [5, 5.41) is 2.31. The fraction of sp³-hybridized carbons (Fsp3) is 0.267. The van der Waals surface area contributed by atoms with E-state index in [1.807, 2.05) is 17.7 Å². The van der Waals surface area contributed by atoms with Crippen LogP contribution < -0.4 is 9.03 Å². The zero-order valence-electron chi connectivity index (χ0n) is 12.5. The summed E-state index contributed by atoms with van der Waals surface area (Å²) in [6.07, 6.45) is 0. The van der Waals surface area contributed by atoms with Gasteiger partial charge in [0.05, 0.1) is 0 Å². The molecule has 2 aromatic rings. The normalized spacial score (nSPS) is 11.5. The van der Waals surface area contributed by atoms with Crippen LogP contribution in [0.15, 0.2) is 30.3 Å².